The van der Waals surface area contributed by atoms with Gasteiger partial charge < -0.3 is 0 Å². The summed E-state index contributed by atoms with van der Waals surface area (Å²) in [6.45, 7) is 3.84. The molecule has 1 heterocycles. The molecule has 0 radical (unpaired) electrons. The molecular formula is C30H22N2. The number of nitrogens with zero attached hydrogens (tertiary/aromatic N) is 2. The monoisotopic (exact) mass is 410 g/mol. The highest BCUT2D eigenvalue weighted by Gasteiger charge is 2.11. The van der Waals surface area contributed by atoms with Crippen molar-refractivity contribution >= 4 is 6.08 Å². The molecular weight excluding hydrogens is 388 g/mol. The summed E-state index contributed by atoms with van der Waals surface area (Å²) in [5.41, 5.74) is 8.38. The van der Waals surface area contributed by atoms with Crippen molar-refractivity contribution in [2.75, 3.05) is 0 Å². The van der Waals surface area contributed by atoms with E-state index in [2.05, 4.69) is 73.3 Å². The largest absolute Gasteiger partial charge is 0.228 e. The molecule has 0 atom stereocenters. The molecule has 0 aliphatic rings. The fourth-order valence-corrected chi connectivity index (χ4v) is 3.74. The molecule has 0 amide bonds. The van der Waals surface area contributed by atoms with Crippen LogP contribution < -0.4 is 0 Å². The molecule has 5 rings (SSSR count). The molecule has 0 aliphatic heterocycles. The van der Waals surface area contributed by atoms with Gasteiger partial charge in [-0.05, 0) is 28.8 Å². The highest BCUT2D eigenvalue weighted by atomic mass is 14.9. The summed E-state index contributed by atoms with van der Waals surface area (Å²) in [5.74, 6) is 0.725. The number of benzene rings is 4. The molecule has 0 bridgehead atoms. The third kappa shape index (κ3) is 4.12. The summed E-state index contributed by atoms with van der Waals surface area (Å²) >= 11 is 0. The zero-order valence-corrected chi connectivity index (χ0v) is 17.6. The third-order valence-corrected chi connectivity index (χ3v) is 5.47. The summed E-state index contributed by atoms with van der Waals surface area (Å²) in [6, 6.07) is 39.4. The van der Waals surface area contributed by atoms with E-state index in [0.717, 1.165) is 50.6 Å². The fraction of sp³-hybridized carbons (Fsp3) is 0. The minimum Gasteiger partial charge on any atom is -0.228 e. The lowest BCUT2D eigenvalue weighted by Crippen LogP contribution is -1.96. The zero-order chi connectivity index (χ0) is 21.8. The molecule has 4 aromatic carbocycles. The predicted molar refractivity (Wildman–Crippen MR) is 134 cm³/mol. The first-order valence-electron chi connectivity index (χ1n) is 10.6. The van der Waals surface area contributed by atoms with E-state index in [1.54, 1.807) is 0 Å². The van der Waals surface area contributed by atoms with Crippen molar-refractivity contribution in [1.29, 1.82) is 0 Å². The van der Waals surface area contributed by atoms with Crippen molar-refractivity contribution < 1.29 is 0 Å². The fourth-order valence-electron chi connectivity index (χ4n) is 3.74. The molecule has 0 saturated heterocycles. The van der Waals surface area contributed by atoms with E-state index in [1.807, 2.05) is 54.6 Å². The summed E-state index contributed by atoms with van der Waals surface area (Å²) in [6.07, 6.45) is 1.86. The molecule has 152 valence electrons. The average Bonchev–Trinajstić information content (AvgIpc) is 2.89. The van der Waals surface area contributed by atoms with E-state index >= 15 is 0 Å². The second-order valence-corrected chi connectivity index (χ2v) is 7.60. The van der Waals surface area contributed by atoms with E-state index in [0.29, 0.717) is 0 Å². The Hall–Kier alpha value is -4.30. The van der Waals surface area contributed by atoms with Crippen LogP contribution in [0.5, 0.6) is 0 Å². The molecule has 0 unspecified atom stereocenters. The van der Waals surface area contributed by atoms with Gasteiger partial charge in [-0.25, -0.2) is 9.97 Å². The lowest BCUT2D eigenvalue weighted by atomic mass is 9.99. The van der Waals surface area contributed by atoms with E-state index in [9.17, 15) is 0 Å². The maximum Gasteiger partial charge on any atom is 0.160 e. The average molecular weight is 411 g/mol. The topological polar surface area (TPSA) is 25.8 Å². The first-order chi connectivity index (χ1) is 15.8. The Morgan fingerprint density at radius 2 is 1.03 bits per heavy atom. The highest BCUT2D eigenvalue weighted by Crippen LogP contribution is 2.30. The van der Waals surface area contributed by atoms with Crippen LogP contribution in [0.2, 0.25) is 0 Å². The first kappa shape index (κ1) is 19.7. The Bertz CT molecular complexity index is 1300. The Kier molecular flexibility index (Phi) is 5.42. The van der Waals surface area contributed by atoms with Gasteiger partial charge in [-0.1, -0.05) is 116 Å². The summed E-state index contributed by atoms with van der Waals surface area (Å²) in [4.78, 5) is 9.82. The molecule has 2 heteroatoms. The van der Waals surface area contributed by atoms with E-state index in [1.165, 1.54) is 0 Å². The molecule has 0 N–H and O–H groups in total. The van der Waals surface area contributed by atoms with Crippen molar-refractivity contribution in [3.63, 3.8) is 0 Å². The second-order valence-electron chi connectivity index (χ2n) is 7.60. The second kappa shape index (κ2) is 8.83. The van der Waals surface area contributed by atoms with E-state index in [4.69, 9.17) is 9.97 Å². The number of hydrogen-bond donors (Lipinski definition) is 0. The summed E-state index contributed by atoms with van der Waals surface area (Å²) < 4.78 is 0. The smallest absolute Gasteiger partial charge is 0.160 e. The minimum absolute atomic E-state index is 0.725. The van der Waals surface area contributed by atoms with E-state index in [-0.39, 0.29) is 0 Å². The molecule has 1 aromatic heterocycles. The predicted octanol–water partition coefficient (Wildman–Crippen LogP) is 7.79. The summed E-state index contributed by atoms with van der Waals surface area (Å²) in [5, 5.41) is 0. The zero-order valence-electron chi connectivity index (χ0n) is 17.6. The first-order valence-corrected chi connectivity index (χ1v) is 10.6. The van der Waals surface area contributed by atoms with Gasteiger partial charge in [-0.15, -0.1) is 0 Å². The lowest BCUT2D eigenvalue weighted by molar-refractivity contribution is 1.18. The Morgan fingerprint density at radius 1 is 0.469 bits per heavy atom. The lowest BCUT2D eigenvalue weighted by Gasteiger charge is -2.10. The maximum atomic E-state index is 4.94. The quantitative estimate of drug-likeness (QED) is 0.295. The van der Waals surface area contributed by atoms with Crippen LogP contribution in [0, 0.1) is 0 Å². The molecule has 32 heavy (non-hydrogen) atoms. The number of rotatable bonds is 5. The molecule has 2 nitrogen and oxygen atoms in total. The van der Waals surface area contributed by atoms with E-state index < -0.39 is 0 Å². The van der Waals surface area contributed by atoms with Gasteiger partial charge >= 0.3 is 0 Å². The van der Waals surface area contributed by atoms with Crippen LogP contribution in [-0.4, -0.2) is 9.97 Å². The van der Waals surface area contributed by atoms with Gasteiger partial charge in [0.25, 0.3) is 0 Å². The van der Waals surface area contributed by atoms with Gasteiger partial charge in [0.05, 0.1) is 11.4 Å². The number of aromatic nitrogens is 2. The van der Waals surface area contributed by atoms with Crippen LogP contribution in [0.25, 0.3) is 51.1 Å². The van der Waals surface area contributed by atoms with Gasteiger partial charge in [0.15, 0.2) is 5.82 Å². The number of hydrogen-bond acceptors (Lipinski definition) is 2. The molecule has 0 aliphatic carbocycles. The van der Waals surface area contributed by atoms with Crippen LogP contribution in [0.15, 0.2) is 122 Å². The van der Waals surface area contributed by atoms with Crippen LogP contribution in [-0.2, 0) is 0 Å². The molecule has 0 fully saturated rings. The van der Waals surface area contributed by atoms with Gasteiger partial charge in [0.2, 0.25) is 0 Å². The molecule has 0 spiro atoms. The molecule has 0 saturated carbocycles. The van der Waals surface area contributed by atoms with Crippen LogP contribution in [0.4, 0.5) is 0 Å². The Morgan fingerprint density at radius 3 is 1.69 bits per heavy atom. The SMILES string of the molecule is C=Cc1ccc(-c2cccc(-c3cc(-c4ccccc4)nc(-c4ccccc4)n3)c2)cc1. The Balaban J connectivity index is 1.63. The highest BCUT2D eigenvalue weighted by molar-refractivity contribution is 5.76. The third-order valence-electron chi connectivity index (χ3n) is 5.47. The van der Waals surface area contributed by atoms with Crippen molar-refractivity contribution in [2.24, 2.45) is 0 Å². The normalized spacial score (nSPS) is 10.6. The van der Waals surface area contributed by atoms with Crippen LogP contribution >= 0.6 is 0 Å². The van der Waals surface area contributed by atoms with Crippen molar-refractivity contribution in [3.05, 3.63) is 127 Å². The molecule has 5 aromatic rings. The van der Waals surface area contributed by atoms with Gasteiger partial charge in [0, 0.05) is 16.7 Å². The standard InChI is InChI=1S/C30H22N2/c1-2-22-16-18-23(19-17-22)26-14-9-15-27(20-26)29-21-28(24-10-5-3-6-11-24)31-30(32-29)25-12-7-4-8-13-25/h2-21H,1H2. The summed E-state index contributed by atoms with van der Waals surface area (Å²) in [7, 11) is 0. The maximum absolute atomic E-state index is 4.94. The van der Waals surface area contributed by atoms with Crippen molar-refractivity contribution in [3.8, 4) is 45.0 Å². The van der Waals surface area contributed by atoms with Crippen LogP contribution in [0.3, 0.4) is 0 Å². The van der Waals surface area contributed by atoms with Gasteiger partial charge in [-0.3, -0.25) is 0 Å². The van der Waals surface area contributed by atoms with Gasteiger partial charge in [-0.2, -0.15) is 0 Å². The van der Waals surface area contributed by atoms with Crippen molar-refractivity contribution in [1.82, 2.24) is 9.97 Å². The van der Waals surface area contributed by atoms with Crippen molar-refractivity contribution in [2.45, 2.75) is 0 Å². The van der Waals surface area contributed by atoms with Gasteiger partial charge in [0.1, 0.15) is 0 Å². The minimum atomic E-state index is 0.725. The van der Waals surface area contributed by atoms with Crippen LogP contribution in [0.1, 0.15) is 5.56 Å². The Labute approximate surface area is 188 Å².